The summed E-state index contributed by atoms with van der Waals surface area (Å²) in [4.78, 5) is 58.9. The van der Waals surface area contributed by atoms with Gasteiger partial charge in [-0.1, -0.05) is 71.3 Å². The molecule has 46 heavy (non-hydrogen) atoms. The molecule has 0 aliphatic carbocycles. The Morgan fingerprint density at radius 2 is 1.78 bits per heavy atom. The number of rotatable bonds is 7. The number of hydrogen-bond donors (Lipinski definition) is 2. The number of cyclic esters (lactones) is 1. The molecule has 11 heteroatoms. The van der Waals surface area contributed by atoms with E-state index in [0.717, 1.165) is 23.6 Å². The average Bonchev–Trinajstić information content (AvgIpc) is 3.64. The van der Waals surface area contributed by atoms with E-state index in [-0.39, 0.29) is 43.8 Å². The quantitative estimate of drug-likeness (QED) is 0.255. The number of likely N-dealkylation sites (tertiary alicyclic amines) is 1. The highest BCUT2D eigenvalue weighted by atomic mass is 79.9. The SMILES string of the molecule is C[C@H]1CNC(=O)CC/C=C\CN(c2ccc3ccccc3c2)C(=O)[C@H]2N(CCCCCCO)C(=O)[C@@H]3[C@@H](C(=O)O1)[C@@H]1O[C@@]32C=C1Br. The number of aliphatic hydroxyl groups is 1. The van der Waals surface area contributed by atoms with Crippen LogP contribution in [0.25, 0.3) is 10.8 Å². The van der Waals surface area contributed by atoms with Crippen LogP contribution < -0.4 is 10.2 Å². The summed E-state index contributed by atoms with van der Waals surface area (Å²) in [6.45, 7) is 2.46. The number of unbranched alkanes of at least 4 members (excludes halogenated alkanes) is 3. The summed E-state index contributed by atoms with van der Waals surface area (Å²) in [6.07, 6.45) is 7.77. The molecule has 0 radical (unpaired) electrons. The largest absolute Gasteiger partial charge is 0.460 e. The van der Waals surface area contributed by atoms with E-state index in [2.05, 4.69) is 21.2 Å². The number of anilines is 1. The third-order valence-electron chi connectivity index (χ3n) is 9.45. The van der Waals surface area contributed by atoms with Crippen LogP contribution in [-0.2, 0) is 28.7 Å². The van der Waals surface area contributed by atoms with Crippen LogP contribution in [-0.4, -0.2) is 83.8 Å². The van der Waals surface area contributed by atoms with Crippen molar-refractivity contribution in [1.82, 2.24) is 10.2 Å². The summed E-state index contributed by atoms with van der Waals surface area (Å²) in [5.41, 5.74) is -0.698. The zero-order valence-electron chi connectivity index (χ0n) is 25.9. The Labute approximate surface area is 276 Å². The molecule has 10 nitrogen and oxygen atoms in total. The number of halogens is 1. The number of allylic oxidation sites excluding steroid dienone is 1. The van der Waals surface area contributed by atoms with Crippen molar-refractivity contribution in [2.45, 2.75) is 69.3 Å². The van der Waals surface area contributed by atoms with Crippen molar-refractivity contribution in [1.29, 1.82) is 0 Å². The first-order chi connectivity index (χ1) is 22.2. The fraction of sp³-hybridized carbons (Fsp3) is 0.486. The van der Waals surface area contributed by atoms with Gasteiger partial charge in [0.05, 0.1) is 12.5 Å². The van der Waals surface area contributed by atoms with Gasteiger partial charge < -0.3 is 29.7 Å². The van der Waals surface area contributed by atoms with Crippen LogP contribution in [0.2, 0.25) is 0 Å². The van der Waals surface area contributed by atoms with Gasteiger partial charge in [-0.25, -0.2) is 0 Å². The minimum atomic E-state index is -1.36. The monoisotopic (exact) mass is 693 g/mol. The number of benzene rings is 2. The van der Waals surface area contributed by atoms with Gasteiger partial charge in [0.2, 0.25) is 11.8 Å². The molecular weight excluding hydrogens is 654 g/mol. The number of esters is 1. The number of fused-ring (bicyclic) bond motifs is 3. The van der Waals surface area contributed by atoms with Gasteiger partial charge in [0, 0.05) is 36.3 Å². The number of carbonyl (C=O) groups excluding carboxylic acids is 4. The van der Waals surface area contributed by atoms with E-state index in [1.807, 2.05) is 60.7 Å². The standard InChI is InChI=1S/C35H40BrN3O7/c1-22-21-37-27(41)13-5-4-9-16-38(25-15-14-23-11-6-7-12-24(23)19-25)33(43)31-35-20-26(36)30(46-35)28(34(44)45-22)29(35)32(42)39(31)17-8-2-3-10-18-40/h4,6-7,9,11-12,14-15,19-20,22,28-31,40H,2-3,5,8,10,13,16-18,21H2,1H3,(H,37,41)/b9-4-/t22-,28+,29-,30+,31+,35-/m0/s1. The number of aliphatic hydroxyl groups excluding tert-OH is 1. The first-order valence-electron chi connectivity index (χ1n) is 16.1. The highest BCUT2D eigenvalue weighted by Gasteiger charge is 2.74. The highest BCUT2D eigenvalue weighted by molar-refractivity contribution is 9.11. The molecule has 0 saturated carbocycles. The minimum Gasteiger partial charge on any atom is -0.460 e. The summed E-state index contributed by atoms with van der Waals surface area (Å²) in [5.74, 6) is -3.28. The summed E-state index contributed by atoms with van der Waals surface area (Å²) in [6, 6.07) is 12.7. The molecule has 6 atom stereocenters. The second-order valence-electron chi connectivity index (χ2n) is 12.5. The number of ether oxygens (including phenoxy) is 2. The first kappa shape index (κ1) is 32.4. The zero-order chi connectivity index (χ0) is 32.4. The van der Waals surface area contributed by atoms with Gasteiger partial charge in [-0.2, -0.15) is 0 Å². The second-order valence-corrected chi connectivity index (χ2v) is 13.5. The molecule has 2 aromatic carbocycles. The lowest BCUT2D eigenvalue weighted by Gasteiger charge is -2.36. The van der Waals surface area contributed by atoms with Gasteiger partial charge in [-0.3, -0.25) is 19.2 Å². The van der Waals surface area contributed by atoms with Crippen LogP contribution in [0.1, 0.15) is 45.4 Å². The third kappa shape index (κ3) is 6.00. The van der Waals surface area contributed by atoms with Gasteiger partial charge in [0.1, 0.15) is 29.8 Å². The number of carbonyl (C=O) groups is 4. The van der Waals surface area contributed by atoms with Crippen molar-refractivity contribution >= 4 is 56.1 Å². The normalized spacial score (nSPS) is 30.8. The molecule has 2 fully saturated rings. The zero-order valence-corrected chi connectivity index (χ0v) is 27.5. The van der Waals surface area contributed by atoms with Crippen molar-refractivity contribution in [3.8, 4) is 0 Å². The van der Waals surface area contributed by atoms with Crippen LogP contribution in [0.4, 0.5) is 5.69 Å². The molecule has 5 bridgehead atoms. The second kappa shape index (κ2) is 13.7. The lowest BCUT2D eigenvalue weighted by Crippen LogP contribution is -2.56. The van der Waals surface area contributed by atoms with Gasteiger partial charge >= 0.3 is 5.97 Å². The van der Waals surface area contributed by atoms with Crippen LogP contribution in [0.3, 0.4) is 0 Å². The molecule has 4 heterocycles. The Kier molecular flexibility index (Phi) is 9.63. The van der Waals surface area contributed by atoms with Gasteiger partial charge in [0.15, 0.2) is 0 Å². The van der Waals surface area contributed by atoms with Crippen LogP contribution in [0, 0.1) is 11.8 Å². The Hall–Kier alpha value is -3.54. The molecule has 4 aliphatic rings. The Balaban J connectivity index is 1.43. The van der Waals surface area contributed by atoms with Gasteiger partial charge in [-0.15, -0.1) is 0 Å². The molecule has 4 aliphatic heterocycles. The van der Waals surface area contributed by atoms with Crippen molar-refractivity contribution < 1.29 is 33.8 Å². The molecule has 2 aromatic rings. The number of hydrogen-bond acceptors (Lipinski definition) is 7. The van der Waals surface area contributed by atoms with E-state index < -0.39 is 41.7 Å². The minimum absolute atomic E-state index is 0.100. The van der Waals surface area contributed by atoms with E-state index in [1.165, 1.54) is 0 Å². The Morgan fingerprint density at radius 3 is 2.59 bits per heavy atom. The smallest absolute Gasteiger partial charge is 0.313 e. The molecule has 0 aromatic heterocycles. The number of nitrogens with zero attached hydrogens (tertiary/aromatic N) is 2. The topological polar surface area (TPSA) is 125 Å². The van der Waals surface area contributed by atoms with Crippen LogP contribution in [0.15, 0.2) is 65.2 Å². The van der Waals surface area contributed by atoms with Gasteiger partial charge in [-0.05, 0) is 55.2 Å². The molecule has 3 amide bonds. The molecular formula is C35H40BrN3O7. The maximum atomic E-state index is 15.0. The maximum Gasteiger partial charge on any atom is 0.313 e. The van der Waals surface area contributed by atoms with Crippen LogP contribution >= 0.6 is 15.9 Å². The predicted molar refractivity (Wildman–Crippen MR) is 176 cm³/mol. The predicted octanol–water partition coefficient (Wildman–Crippen LogP) is 4.00. The number of amides is 3. The average molecular weight is 695 g/mol. The summed E-state index contributed by atoms with van der Waals surface area (Å²) in [7, 11) is 0. The third-order valence-corrected chi connectivity index (χ3v) is 10.1. The molecule has 1 spiro atoms. The highest BCUT2D eigenvalue weighted by Crippen LogP contribution is 2.59. The summed E-state index contributed by atoms with van der Waals surface area (Å²) in [5, 5.41) is 14.1. The lowest BCUT2D eigenvalue weighted by atomic mass is 9.74. The van der Waals surface area contributed by atoms with E-state index in [4.69, 9.17) is 9.47 Å². The van der Waals surface area contributed by atoms with Crippen molar-refractivity contribution in [2.75, 3.05) is 31.1 Å². The van der Waals surface area contributed by atoms with Crippen molar-refractivity contribution in [3.05, 3.63) is 65.2 Å². The number of nitrogens with one attached hydrogen (secondary N) is 1. The van der Waals surface area contributed by atoms with Crippen molar-refractivity contribution in [2.24, 2.45) is 11.8 Å². The molecule has 0 unspecified atom stereocenters. The molecule has 6 rings (SSSR count). The molecule has 2 saturated heterocycles. The van der Waals surface area contributed by atoms with Gasteiger partial charge in [0.25, 0.3) is 5.91 Å². The van der Waals surface area contributed by atoms with E-state index in [1.54, 1.807) is 16.7 Å². The first-order valence-corrected chi connectivity index (χ1v) is 16.9. The Bertz CT molecular complexity index is 1580. The van der Waals surface area contributed by atoms with E-state index >= 15 is 4.79 Å². The fourth-order valence-electron chi connectivity index (χ4n) is 7.25. The van der Waals surface area contributed by atoms with E-state index in [9.17, 15) is 19.5 Å². The van der Waals surface area contributed by atoms with E-state index in [0.29, 0.717) is 36.0 Å². The molecule has 2 N–H and O–H groups in total. The molecule has 244 valence electrons. The maximum absolute atomic E-state index is 15.0. The van der Waals surface area contributed by atoms with Crippen LogP contribution in [0.5, 0.6) is 0 Å². The summed E-state index contributed by atoms with van der Waals surface area (Å²) < 4.78 is 13.0. The summed E-state index contributed by atoms with van der Waals surface area (Å²) >= 11 is 3.59. The lowest BCUT2D eigenvalue weighted by molar-refractivity contribution is -0.158. The Morgan fingerprint density at radius 1 is 1.00 bits per heavy atom. The van der Waals surface area contributed by atoms with Crippen molar-refractivity contribution in [3.63, 3.8) is 0 Å². The fourth-order valence-corrected chi connectivity index (χ4v) is 7.98.